The second-order valence-corrected chi connectivity index (χ2v) is 12.9. The first-order valence-corrected chi connectivity index (χ1v) is 14.8. The smallest absolute Gasteiger partial charge is 0.306 e. The van der Waals surface area contributed by atoms with E-state index < -0.39 is 17.2 Å². The number of imide groups is 1. The van der Waals surface area contributed by atoms with Gasteiger partial charge in [-0.3, -0.25) is 14.4 Å². The van der Waals surface area contributed by atoms with Crippen LogP contribution in [0.25, 0.3) is 0 Å². The summed E-state index contributed by atoms with van der Waals surface area (Å²) in [5.41, 5.74) is -1.03. The summed E-state index contributed by atoms with van der Waals surface area (Å²) in [6.45, 7) is 7.60. The van der Waals surface area contributed by atoms with Gasteiger partial charge in [-0.25, -0.2) is 4.90 Å². The highest BCUT2D eigenvalue weighted by Crippen LogP contribution is 2.44. The van der Waals surface area contributed by atoms with Crippen molar-refractivity contribution >= 4 is 47.0 Å². The number of carboxylic acid groups (broad SMARTS) is 1. The van der Waals surface area contributed by atoms with Crippen LogP contribution in [0.4, 0.5) is 5.69 Å². The van der Waals surface area contributed by atoms with Crippen LogP contribution in [0.5, 0.6) is 5.75 Å². The molecule has 1 aliphatic rings. The van der Waals surface area contributed by atoms with Crippen LogP contribution < -0.4 is 9.64 Å². The van der Waals surface area contributed by atoms with E-state index in [-0.39, 0.29) is 18.2 Å². The molecule has 0 bridgehead atoms. The average molecular weight is 592 g/mol. The minimum atomic E-state index is -0.918. The first kappa shape index (κ1) is 30.4. The Morgan fingerprint density at radius 1 is 0.780 bits per heavy atom. The summed E-state index contributed by atoms with van der Waals surface area (Å²) in [5, 5.41) is 9.07. The van der Waals surface area contributed by atoms with Gasteiger partial charge in [0.1, 0.15) is 11.4 Å². The number of aliphatic carboxylic acids is 1. The molecule has 0 aliphatic carbocycles. The van der Waals surface area contributed by atoms with E-state index in [1.807, 2.05) is 74.5 Å². The van der Waals surface area contributed by atoms with Crippen molar-refractivity contribution in [2.75, 3.05) is 11.5 Å². The van der Waals surface area contributed by atoms with Gasteiger partial charge < -0.3 is 14.6 Å². The number of benzene rings is 3. The summed E-state index contributed by atoms with van der Waals surface area (Å²) in [5.74, 6) is -1.18. The Labute approximate surface area is 248 Å². The molecule has 1 heterocycles. The molecule has 0 saturated carbocycles. The molecule has 2 amide bonds. The largest absolute Gasteiger partial charge is 0.488 e. The van der Waals surface area contributed by atoms with Gasteiger partial charge in [-0.2, -0.15) is 0 Å². The van der Waals surface area contributed by atoms with Gasteiger partial charge in [-0.15, -0.1) is 0 Å². The second-order valence-electron chi connectivity index (χ2n) is 10.7. The fraction of sp³-hybridized carbons (Fsp3) is 0.281. The van der Waals surface area contributed by atoms with Crippen molar-refractivity contribution in [1.82, 2.24) is 0 Å². The zero-order chi connectivity index (χ0) is 29.6. The summed E-state index contributed by atoms with van der Waals surface area (Å²) in [4.78, 5) is 42.2. The summed E-state index contributed by atoms with van der Waals surface area (Å²) in [7, 11) is 0. The number of rotatable bonds is 13. The number of amides is 2. The minimum Gasteiger partial charge on any atom is -0.488 e. The van der Waals surface area contributed by atoms with Crippen molar-refractivity contribution in [2.45, 2.75) is 61.5 Å². The maximum Gasteiger partial charge on any atom is 0.306 e. The van der Waals surface area contributed by atoms with Crippen molar-refractivity contribution < 1.29 is 29.0 Å². The molecule has 4 rings (SSSR count). The maximum atomic E-state index is 13.7. The number of hydrogen-bond acceptors (Lipinski definition) is 7. The molecule has 7 nitrogen and oxygen atoms in total. The third-order valence-corrected chi connectivity index (χ3v) is 8.48. The molecule has 0 radical (unpaired) electrons. The van der Waals surface area contributed by atoms with Gasteiger partial charge >= 0.3 is 5.97 Å². The highest BCUT2D eigenvalue weighted by molar-refractivity contribution is 8.08. The molecule has 0 spiro atoms. The fourth-order valence-corrected chi connectivity index (χ4v) is 6.19. The van der Waals surface area contributed by atoms with Crippen molar-refractivity contribution in [2.24, 2.45) is 0 Å². The minimum absolute atomic E-state index is 0.0999. The number of ether oxygens (including phenoxy) is 2. The van der Waals surface area contributed by atoms with Crippen LogP contribution in [0.15, 0.2) is 105 Å². The van der Waals surface area contributed by atoms with Gasteiger partial charge in [0.15, 0.2) is 0 Å². The van der Waals surface area contributed by atoms with E-state index in [0.29, 0.717) is 34.3 Å². The Balaban J connectivity index is 1.52. The Bertz CT molecular complexity index is 1370. The molecular formula is C32H33NO6S2. The van der Waals surface area contributed by atoms with Gasteiger partial charge in [0.2, 0.25) is 0 Å². The molecule has 0 saturated heterocycles. The number of carbonyl (C=O) groups is 3. The lowest BCUT2D eigenvalue weighted by Gasteiger charge is -2.30. The molecule has 3 aromatic rings. The van der Waals surface area contributed by atoms with Crippen molar-refractivity contribution in [3.05, 3.63) is 94.7 Å². The maximum absolute atomic E-state index is 13.7. The van der Waals surface area contributed by atoms with Crippen LogP contribution in [0.3, 0.4) is 0 Å². The van der Waals surface area contributed by atoms with Crippen molar-refractivity contribution in [3.63, 3.8) is 0 Å². The highest BCUT2D eigenvalue weighted by atomic mass is 32.2. The molecule has 1 aliphatic heterocycles. The van der Waals surface area contributed by atoms with E-state index in [9.17, 15) is 14.4 Å². The monoisotopic (exact) mass is 591 g/mol. The lowest BCUT2D eigenvalue weighted by molar-refractivity contribution is -0.144. The topological polar surface area (TPSA) is 93.1 Å². The first-order chi connectivity index (χ1) is 19.4. The van der Waals surface area contributed by atoms with Crippen LogP contribution >= 0.6 is 23.5 Å². The third-order valence-electron chi connectivity index (χ3n) is 6.17. The van der Waals surface area contributed by atoms with Gasteiger partial charge in [-0.1, -0.05) is 66.0 Å². The number of thioether (sulfide) groups is 2. The lowest BCUT2D eigenvalue weighted by atomic mass is 10.0. The molecule has 214 valence electrons. The molecule has 0 aromatic heterocycles. The normalized spacial score (nSPS) is 14.1. The lowest BCUT2D eigenvalue weighted by Crippen LogP contribution is -2.34. The van der Waals surface area contributed by atoms with E-state index in [1.54, 1.807) is 38.1 Å². The molecule has 0 fully saturated rings. The Hall–Kier alpha value is -3.53. The fourth-order valence-electron chi connectivity index (χ4n) is 4.16. The zero-order valence-corrected chi connectivity index (χ0v) is 25.1. The summed E-state index contributed by atoms with van der Waals surface area (Å²) < 4.78 is 12.0. The van der Waals surface area contributed by atoms with E-state index in [2.05, 4.69) is 0 Å². The van der Waals surface area contributed by atoms with Crippen LogP contribution in [0, 0.1) is 0 Å². The molecule has 0 unspecified atom stereocenters. The Morgan fingerprint density at radius 2 is 1.32 bits per heavy atom. The standard InChI is InChI=1S/C32H33NO6S2/c1-31(2,18-19-38-32(3,4)21-26(34)35)39-23-13-11-12-22(20-23)33-29(36)27(40-24-14-7-5-8-15-24)28(30(33)37)41-25-16-9-6-10-17-25/h5-17,20H,18-19,21H2,1-4H3,(H,34,35). The molecule has 9 heteroatoms. The van der Waals surface area contributed by atoms with Crippen molar-refractivity contribution in [3.8, 4) is 5.75 Å². The van der Waals surface area contributed by atoms with Gasteiger partial charge in [0.05, 0.1) is 34.1 Å². The number of carbonyl (C=O) groups excluding carboxylic acids is 2. The van der Waals surface area contributed by atoms with Gasteiger partial charge in [-0.05, 0) is 64.1 Å². The van der Waals surface area contributed by atoms with E-state index in [1.165, 1.54) is 28.4 Å². The van der Waals surface area contributed by atoms with E-state index in [4.69, 9.17) is 14.6 Å². The summed E-state index contributed by atoms with van der Waals surface area (Å²) >= 11 is 2.56. The average Bonchev–Trinajstić information content (AvgIpc) is 3.12. The van der Waals surface area contributed by atoms with E-state index >= 15 is 0 Å². The first-order valence-electron chi connectivity index (χ1n) is 13.2. The molecule has 41 heavy (non-hydrogen) atoms. The van der Waals surface area contributed by atoms with Gasteiger partial charge in [0.25, 0.3) is 11.8 Å². The van der Waals surface area contributed by atoms with Crippen LogP contribution in [0.2, 0.25) is 0 Å². The number of carboxylic acids is 1. The van der Waals surface area contributed by atoms with E-state index in [0.717, 1.165) is 9.79 Å². The predicted octanol–water partition coefficient (Wildman–Crippen LogP) is 7.17. The van der Waals surface area contributed by atoms with Crippen LogP contribution in [-0.2, 0) is 19.1 Å². The van der Waals surface area contributed by atoms with Gasteiger partial charge in [0, 0.05) is 22.3 Å². The Morgan fingerprint density at radius 3 is 1.83 bits per heavy atom. The van der Waals surface area contributed by atoms with Crippen LogP contribution in [0.1, 0.15) is 40.5 Å². The number of anilines is 1. The second kappa shape index (κ2) is 13.0. The molecule has 1 N–H and O–H groups in total. The molecule has 3 aromatic carbocycles. The van der Waals surface area contributed by atoms with Crippen LogP contribution in [-0.4, -0.2) is 40.7 Å². The SMILES string of the molecule is CC(C)(CC(=O)O)OCCC(C)(C)Oc1cccc(N2C(=O)C(Sc3ccccc3)=C(Sc3ccccc3)C2=O)c1. The molecule has 0 atom stereocenters. The zero-order valence-electron chi connectivity index (χ0n) is 23.5. The predicted molar refractivity (Wildman–Crippen MR) is 162 cm³/mol. The quantitative estimate of drug-likeness (QED) is 0.209. The summed E-state index contributed by atoms with van der Waals surface area (Å²) in [6, 6.07) is 26.0. The summed E-state index contributed by atoms with van der Waals surface area (Å²) in [6.07, 6.45) is 0.399. The number of nitrogens with zero attached hydrogens (tertiary/aromatic N) is 1. The number of hydrogen-bond donors (Lipinski definition) is 1. The highest BCUT2D eigenvalue weighted by Gasteiger charge is 2.40. The Kier molecular flexibility index (Phi) is 9.63. The molecular weight excluding hydrogens is 558 g/mol. The third kappa shape index (κ3) is 8.25. The van der Waals surface area contributed by atoms with Crippen molar-refractivity contribution in [1.29, 1.82) is 0 Å².